The molecule has 0 aliphatic carbocycles. The van der Waals surface area contributed by atoms with Gasteiger partial charge >= 0.3 is 5.97 Å². The molecule has 0 saturated carbocycles. The molecular weight excluding hydrogens is 180 g/mol. The lowest BCUT2D eigenvalue weighted by Crippen LogP contribution is -2.01. The van der Waals surface area contributed by atoms with E-state index < -0.39 is 5.97 Å². The van der Waals surface area contributed by atoms with E-state index in [2.05, 4.69) is 0 Å². The minimum atomic E-state index is -0.945. The van der Waals surface area contributed by atoms with Gasteiger partial charge in [0.05, 0.1) is 0 Å². The lowest BCUT2D eigenvalue weighted by atomic mass is 10.3. The van der Waals surface area contributed by atoms with E-state index in [9.17, 15) is 4.79 Å². The number of carboxylic acid groups (broad SMARTS) is 1. The van der Waals surface area contributed by atoms with Crippen molar-refractivity contribution in [3.63, 3.8) is 0 Å². The predicted molar refractivity (Wildman–Crippen MR) is 53.3 cm³/mol. The third kappa shape index (κ3) is 3.76. The molecule has 3 nitrogen and oxygen atoms in total. The SMILES string of the molecule is C/C(=C\C(=O)O)COc1ccccc1. The molecule has 1 rings (SSSR count). The molecule has 0 radical (unpaired) electrons. The number of hydrogen-bond donors (Lipinski definition) is 1. The van der Waals surface area contributed by atoms with Gasteiger partial charge in [-0.25, -0.2) is 4.79 Å². The molecule has 0 aliphatic rings. The van der Waals surface area contributed by atoms with Gasteiger partial charge in [-0.05, 0) is 24.6 Å². The summed E-state index contributed by atoms with van der Waals surface area (Å²) in [6, 6.07) is 9.28. The Labute approximate surface area is 82.6 Å². The quantitative estimate of drug-likeness (QED) is 0.743. The molecule has 0 saturated heterocycles. The molecule has 14 heavy (non-hydrogen) atoms. The molecule has 0 heterocycles. The monoisotopic (exact) mass is 192 g/mol. The average Bonchev–Trinajstić information content (AvgIpc) is 2.15. The van der Waals surface area contributed by atoms with Gasteiger partial charge in [-0.15, -0.1) is 0 Å². The first-order chi connectivity index (χ1) is 6.68. The topological polar surface area (TPSA) is 46.5 Å². The fourth-order valence-electron chi connectivity index (χ4n) is 0.966. The van der Waals surface area contributed by atoms with Crippen molar-refractivity contribution in [1.29, 1.82) is 0 Å². The molecule has 3 heteroatoms. The van der Waals surface area contributed by atoms with Gasteiger partial charge < -0.3 is 9.84 Å². The van der Waals surface area contributed by atoms with E-state index in [4.69, 9.17) is 9.84 Å². The molecule has 0 unspecified atom stereocenters. The van der Waals surface area contributed by atoms with E-state index in [-0.39, 0.29) is 0 Å². The van der Waals surface area contributed by atoms with Crippen molar-refractivity contribution in [2.24, 2.45) is 0 Å². The van der Waals surface area contributed by atoms with Gasteiger partial charge in [0.15, 0.2) is 0 Å². The summed E-state index contributed by atoms with van der Waals surface area (Å²) in [7, 11) is 0. The van der Waals surface area contributed by atoms with E-state index in [0.717, 1.165) is 11.8 Å². The zero-order valence-electron chi connectivity index (χ0n) is 7.93. The largest absolute Gasteiger partial charge is 0.489 e. The third-order valence-electron chi connectivity index (χ3n) is 1.58. The van der Waals surface area contributed by atoms with Gasteiger partial charge in [0.1, 0.15) is 12.4 Å². The van der Waals surface area contributed by atoms with E-state index in [0.29, 0.717) is 12.2 Å². The van der Waals surface area contributed by atoms with Crippen LogP contribution in [0.25, 0.3) is 0 Å². The van der Waals surface area contributed by atoms with Crippen LogP contribution in [0.4, 0.5) is 0 Å². The van der Waals surface area contributed by atoms with Crippen molar-refractivity contribution in [3.8, 4) is 5.75 Å². The van der Waals surface area contributed by atoms with Crippen LogP contribution in [0.3, 0.4) is 0 Å². The number of carbonyl (C=O) groups is 1. The Morgan fingerprint density at radius 2 is 2.07 bits per heavy atom. The van der Waals surface area contributed by atoms with E-state index in [1.165, 1.54) is 0 Å². The second-order valence-corrected chi connectivity index (χ2v) is 2.93. The van der Waals surface area contributed by atoms with Crippen molar-refractivity contribution in [2.45, 2.75) is 6.92 Å². The summed E-state index contributed by atoms with van der Waals surface area (Å²) in [6.45, 7) is 2.02. The van der Waals surface area contributed by atoms with Crippen molar-refractivity contribution >= 4 is 5.97 Å². The van der Waals surface area contributed by atoms with Crippen LogP contribution in [0.2, 0.25) is 0 Å². The molecule has 0 atom stereocenters. The highest BCUT2D eigenvalue weighted by Crippen LogP contribution is 2.09. The lowest BCUT2D eigenvalue weighted by molar-refractivity contribution is -0.131. The Morgan fingerprint density at radius 3 is 2.64 bits per heavy atom. The normalized spacial score (nSPS) is 11.1. The van der Waals surface area contributed by atoms with Crippen LogP contribution in [0.5, 0.6) is 5.75 Å². The van der Waals surface area contributed by atoms with Gasteiger partial charge in [-0.3, -0.25) is 0 Å². The van der Waals surface area contributed by atoms with Crippen LogP contribution in [0.15, 0.2) is 42.0 Å². The summed E-state index contributed by atoms with van der Waals surface area (Å²) >= 11 is 0. The second-order valence-electron chi connectivity index (χ2n) is 2.93. The minimum absolute atomic E-state index is 0.302. The molecule has 74 valence electrons. The van der Waals surface area contributed by atoms with E-state index >= 15 is 0 Å². The zero-order valence-corrected chi connectivity index (χ0v) is 7.93. The molecule has 1 N–H and O–H groups in total. The lowest BCUT2D eigenvalue weighted by Gasteiger charge is -2.04. The molecule has 0 spiro atoms. The van der Waals surface area contributed by atoms with Gasteiger partial charge in [0, 0.05) is 6.08 Å². The number of benzene rings is 1. The number of aliphatic carboxylic acids is 1. The summed E-state index contributed by atoms with van der Waals surface area (Å²) in [5.74, 6) is -0.204. The first-order valence-corrected chi connectivity index (χ1v) is 4.26. The summed E-state index contributed by atoms with van der Waals surface area (Å²) in [5, 5.41) is 8.45. The highest BCUT2D eigenvalue weighted by molar-refractivity contribution is 5.80. The Balaban J connectivity index is 2.45. The summed E-state index contributed by atoms with van der Waals surface area (Å²) in [6.07, 6.45) is 1.14. The first-order valence-electron chi connectivity index (χ1n) is 4.26. The van der Waals surface area contributed by atoms with Crippen LogP contribution >= 0.6 is 0 Å². The molecule has 0 amide bonds. The maximum Gasteiger partial charge on any atom is 0.328 e. The first kappa shape index (κ1) is 10.3. The van der Waals surface area contributed by atoms with E-state index in [1.807, 2.05) is 30.3 Å². The fourth-order valence-corrected chi connectivity index (χ4v) is 0.966. The molecule has 0 bridgehead atoms. The van der Waals surface area contributed by atoms with E-state index in [1.54, 1.807) is 6.92 Å². The predicted octanol–water partition coefficient (Wildman–Crippen LogP) is 2.10. The molecule has 0 aliphatic heterocycles. The van der Waals surface area contributed by atoms with Crippen LogP contribution in [-0.2, 0) is 4.79 Å². The van der Waals surface area contributed by atoms with Gasteiger partial charge in [-0.1, -0.05) is 18.2 Å². The van der Waals surface area contributed by atoms with Crippen LogP contribution in [-0.4, -0.2) is 17.7 Å². The number of ether oxygens (including phenoxy) is 1. The summed E-state index contributed by atoms with van der Waals surface area (Å²) < 4.78 is 5.34. The highest BCUT2D eigenvalue weighted by Gasteiger charge is 1.95. The third-order valence-corrected chi connectivity index (χ3v) is 1.58. The average molecular weight is 192 g/mol. The highest BCUT2D eigenvalue weighted by atomic mass is 16.5. The zero-order chi connectivity index (χ0) is 10.4. The maximum atomic E-state index is 10.3. The summed E-state index contributed by atoms with van der Waals surface area (Å²) in [5.41, 5.74) is 0.682. The minimum Gasteiger partial charge on any atom is -0.489 e. The Morgan fingerprint density at radius 1 is 1.43 bits per heavy atom. The maximum absolute atomic E-state index is 10.3. The van der Waals surface area contributed by atoms with Crippen molar-refractivity contribution in [1.82, 2.24) is 0 Å². The van der Waals surface area contributed by atoms with Gasteiger partial charge in [-0.2, -0.15) is 0 Å². The van der Waals surface area contributed by atoms with Gasteiger partial charge in [0.25, 0.3) is 0 Å². The van der Waals surface area contributed by atoms with Crippen LogP contribution < -0.4 is 4.74 Å². The van der Waals surface area contributed by atoms with Crippen LogP contribution in [0, 0.1) is 0 Å². The number of rotatable bonds is 4. The van der Waals surface area contributed by atoms with Crippen LogP contribution in [0.1, 0.15) is 6.92 Å². The Hall–Kier alpha value is -1.77. The smallest absolute Gasteiger partial charge is 0.328 e. The van der Waals surface area contributed by atoms with Crippen molar-refractivity contribution in [2.75, 3.05) is 6.61 Å². The van der Waals surface area contributed by atoms with Crippen molar-refractivity contribution < 1.29 is 14.6 Å². The number of carboxylic acids is 1. The summed E-state index contributed by atoms with van der Waals surface area (Å²) in [4.78, 5) is 10.3. The molecule has 0 fully saturated rings. The molecular formula is C11H12O3. The molecule has 0 aromatic heterocycles. The number of para-hydroxylation sites is 1. The molecule has 1 aromatic rings. The second kappa shape index (κ2) is 5.07. The Kier molecular flexibility index (Phi) is 3.73. The number of hydrogen-bond acceptors (Lipinski definition) is 2. The standard InChI is InChI=1S/C11H12O3/c1-9(7-11(12)13)8-14-10-5-3-2-4-6-10/h2-7H,8H2,1H3,(H,12,13)/b9-7+. The Bertz CT molecular complexity index is 328. The van der Waals surface area contributed by atoms with Crippen molar-refractivity contribution in [3.05, 3.63) is 42.0 Å². The fraction of sp³-hybridized carbons (Fsp3) is 0.182. The van der Waals surface area contributed by atoms with Gasteiger partial charge in [0.2, 0.25) is 0 Å². The molecule has 1 aromatic carbocycles.